The number of hydrogen-bond donors (Lipinski definition) is 0. The van der Waals surface area contributed by atoms with E-state index in [-0.39, 0.29) is 54.0 Å². The van der Waals surface area contributed by atoms with Gasteiger partial charge in [0.2, 0.25) is 0 Å². The standard InChI is InChI=1S/3C8H16O4.Al/c3*1-5(2)11-8(7(9)10)12-6(3)4;/h3*5-6,8H,1-4H3,(H,9,10);/q;;;+3/p-3. The van der Waals surface area contributed by atoms with Crippen LogP contribution < -0.4 is 15.3 Å². The summed E-state index contributed by atoms with van der Waals surface area (Å²) in [5.41, 5.74) is 0. The maximum absolute atomic E-state index is 10.4. The van der Waals surface area contributed by atoms with Gasteiger partial charge in [-0.05, 0) is 83.1 Å². The predicted molar refractivity (Wildman–Crippen MR) is 129 cm³/mol. The zero-order valence-electron chi connectivity index (χ0n) is 24.2. The summed E-state index contributed by atoms with van der Waals surface area (Å²) < 4.78 is 29.6. The van der Waals surface area contributed by atoms with Crippen LogP contribution in [0.3, 0.4) is 0 Å². The second-order valence-corrected chi connectivity index (χ2v) is 9.06. The van der Waals surface area contributed by atoms with Gasteiger partial charge in [0, 0.05) is 0 Å². The molecule has 12 nitrogen and oxygen atoms in total. The maximum Gasteiger partial charge on any atom is 3.00 e. The van der Waals surface area contributed by atoms with Crippen molar-refractivity contribution in [2.24, 2.45) is 0 Å². The van der Waals surface area contributed by atoms with Crippen molar-refractivity contribution >= 4 is 35.3 Å². The zero-order valence-corrected chi connectivity index (χ0v) is 25.3. The second-order valence-electron chi connectivity index (χ2n) is 9.06. The molecule has 0 unspecified atom stereocenters. The van der Waals surface area contributed by atoms with Crippen molar-refractivity contribution in [2.45, 2.75) is 139 Å². The van der Waals surface area contributed by atoms with Crippen LogP contribution >= 0.6 is 0 Å². The number of carbonyl (C=O) groups excluding carboxylic acids is 3. The number of hydrogen-bond acceptors (Lipinski definition) is 12. The SMILES string of the molecule is CC(C)OC(OC(C)C)C(=O)[O-].CC(C)OC(OC(C)C)C(=O)[O-].CC(C)OC(OC(C)C)C(=O)[O-].[Al+3]. The van der Waals surface area contributed by atoms with E-state index < -0.39 is 36.8 Å². The van der Waals surface area contributed by atoms with Gasteiger partial charge in [-0.3, -0.25) is 0 Å². The third-order valence-electron chi connectivity index (χ3n) is 2.95. The normalized spacial score (nSPS) is 11.3. The fourth-order valence-corrected chi connectivity index (χ4v) is 1.91. The molecule has 0 amide bonds. The van der Waals surface area contributed by atoms with E-state index in [1.54, 1.807) is 83.1 Å². The fraction of sp³-hybridized carbons (Fsp3) is 0.875. The molecule has 0 aromatic heterocycles. The Morgan fingerprint density at radius 1 is 0.378 bits per heavy atom. The van der Waals surface area contributed by atoms with Crippen molar-refractivity contribution in [3.63, 3.8) is 0 Å². The largest absolute Gasteiger partial charge is 3.00 e. The summed E-state index contributed by atoms with van der Waals surface area (Å²) in [6.07, 6.45) is -4.91. The van der Waals surface area contributed by atoms with Gasteiger partial charge in [-0.25, -0.2) is 0 Å². The minimum absolute atomic E-state index is 0. The molecule has 0 aromatic rings. The van der Waals surface area contributed by atoms with E-state index in [1.807, 2.05) is 0 Å². The smallest absolute Gasteiger partial charge is 0.545 e. The molecule has 0 aliphatic rings. The van der Waals surface area contributed by atoms with Crippen LogP contribution in [0.15, 0.2) is 0 Å². The third kappa shape index (κ3) is 30.8. The summed E-state index contributed by atoms with van der Waals surface area (Å²) in [6, 6.07) is 0. The zero-order chi connectivity index (χ0) is 29.2. The summed E-state index contributed by atoms with van der Waals surface area (Å²) >= 11 is 0. The van der Waals surface area contributed by atoms with E-state index in [0.717, 1.165) is 0 Å². The summed E-state index contributed by atoms with van der Waals surface area (Å²) in [7, 11) is 0. The second kappa shape index (κ2) is 23.8. The van der Waals surface area contributed by atoms with E-state index >= 15 is 0 Å². The summed E-state index contributed by atoms with van der Waals surface area (Å²) in [6.45, 7) is 20.8. The quantitative estimate of drug-likeness (QED) is 0.186. The van der Waals surface area contributed by atoms with Gasteiger partial charge in [0.25, 0.3) is 0 Å². The Bertz CT molecular complexity index is 483. The number of carbonyl (C=O) groups is 3. The van der Waals surface area contributed by atoms with Crippen molar-refractivity contribution in [3.8, 4) is 0 Å². The van der Waals surface area contributed by atoms with Crippen LogP contribution in [-0.4, -0.2) is 90.8 Å². The molecule has 0 aromatic carbocycles. The molecule has 0 aliphatic carbocycles. The first-order valence-corrected chi connectivity index (χ1v) is 11.8. The van der Waals surface area contributed by atoms with E-state index in [0.29, 0.717) is 0 Å². The first-order valence-electron chi connectivity index (χ1n) is 11.8. The van der Waals surface area contributed by atoms with E-state index in [1.165, 1.54) is 0 Å². The number of rotatable bonds is 15. The Balaban J connectivity index is -0.000000218. The minimum Gasteiger partial charge on any atom is -0.545 e. The van der Waals surface area contributed by atoms with E-state index in [4.69, 9.17) is 28.4 Å². The fourth-order valence-electron chi connectivity index (χ4n) is 1.91. The molecule has 0 saturated carbocycles. The van der Waals surface area contributed by atoms with Crippen molar-refractivity contribution in [1.29, 1.82) is 0 Å². The van der Waals surface area contributed by atoms with Crippen LogP contribution in [0.2, 0.25) is 0 Å². The molecule has 0 saturated heterocycles. The molecular formula is C24H45AlO12. The summed E-state index contributed by atoms with van der Waals surface area (Å²) in [5, 5.41) is 31.2. The number of carboxylic acid groups (broad SMARTS) is 3. The Morgan fingerprint density at radius 3 is 0.541 bits per heavy atom. The Kier molecular flexibility index (Phi) is 27.5. The first-order chi connectivity index (χ1) is 16.3. The van der Waals surface area contributed by atoms with E-state index in [2.05, 4.69) is 0 Å². The molecule has 0 aliphatic heterocycles. The minimum atomic E-state index is -1.34. The van der Waals surface area contributed by atoms with Crippen LogP contribution in [0, 0.1) is 0 Å². The molecule has 0 fully saturated rings. The number of ether oxygens (including phenoxy) is 6. The first kappa shape index (κ1) is 42.8. The average Bonchev–Trinajstić information content (AvgIpc) is 2.65. The summed E-state index contributed by atoms with van der Waals surface area (Å²) in [4.78, 5) is 31.2. The Labute approximate surface area is 232 Å². The molecule has 0 spiro atoms. The Hall–Kier alpha value is -1.30. The van der Waals surface area contributed by atoms with Crippen LogP contribution in [0.5, 0.6) is 0 Å². The van der Waals surface area contributed by atoms with Gasteiger partial charge in [-0.15, -0.1) is 0 Å². The number of carboxylic acids is 3. The van der Waals surface area contributed by atoms with Crippen LogP contribution in [0.4, 0.5) is 0 Å². The van der Waals surface area contributed by atoms with Crippen molar-refractivity contribution < 1.29 is 58.1 Å². The van der Waals surface area contributed by atoms with Crippen molar-refractivity contribution in [3.05, 3.63) is 0 Å². The molecule has 216 valence electrons. The summed E-state index contributed by atoms with van der Waals surface area (Å²) in [5.74, 6) is -4.01. The molecule has 37 heavy (non-hydrogen) atoms. The maximum atomic E-state index is 10.4. The van der Waals surface area contributed by atoms with Gasteiger partial charge >= 0.3 is 17.4 Å². The average molecular weight is 553 g/mol. The van der Waals surface area contributed by atoms with Crippen molar-refractivity contribution in [1.82, 2.24) is 0 Å². The molecule has 13 heteroatoms. The third-order valence-corrected chi connectivity index (χ3v) is 2.95. The van der Waals surface area contributed by atoms with Crippen LogP contribution in [0.25, 0.3) is 0 Å². The van der Waals surface area contributed by atoms with Crippen LogP contribution in [0.1, 0.15) is 83.1 Å². The molecule has 0 rings (SSSR count). The van der Waals surface area contributed by atoms with E-state index in [9.17, 15) is 29.7 Å². The van der Waals surface area contributed by atoms with Gasteiger partial charge in [0.15, 0.2) is 18.9 Å². The molecule has 0 heterocycles. The topological polar surface area (TPSA) is 176 Å². The Morgan fingerprint density at radius 2 is 0.486 bits per heavy atom. The monoisotopic (exact) mass is 552 g/mol. The molecule has 0 atom stereocenters. The molecule has 0 radical (unpaired) electrons. The van der Waals surface area contributed by atoms with Gasteiger partial charge < -0.3 is 58.1 Å². The van der Waals surface area contributed by atoms with Gasteiger partial charge in [0.05, 0.1) is 54.5 Å². The van der Waals surface area contributed by atoms with Gasteiger partial charge in [-0.1, -0.05) is 0 Å². The van der Waals surface area contributed by atoms with Gasteiger partial charge in [0.1, 0.15) is 0 Å². The molecule has 0 bridgehead atoms. The molecular weight excluding hydrogens is 507 g/mol. The van der Waals surface area contributed by atoms with Crippen molar-refractivity contribution in [2.75, 3.05) is 0 Å². The van der Waals surface area contributed by atoms with Crippen LogP contribution in [-0.2, 0) is 42.8 Å². The molecule has 0 N–H and O–H groups in total. The predicted octanol–water partition coefficient (Wildman–Crippen LogP) is -0.644. The van der Waals surface area contributed by atoms with Gasteiger partial charge in [-0.2, -0.15) is 0 Å². The number of aliphatic carboxylic acids is 3.